The Bertz CT molecular complexity index is 2690. The highest BCUT2D eigenvalue weighted by Gasteiger charge is 2.69. The summed E-state index contributed by atoms with van der Waals surface area (Å²) in [6.07, 6.45) is 3.97. The Morgan fingerprint density at radius 1 is 0.903 bits per heavy atom. The predicted molar refractivity (Wildman–Crippen MR) is 228 cm³/mol. The average molecular weight is 873 g/mol. The van der Waals surface area contributed by atoms with Crippen molar-refractivity contribution >= 4 is 64.2 Å². The first kappa shape index (κ1) is 40.4. The lowest BCUT2D eigenvalue weighted by molar-refractivity contribution is -0.136. The third kappa shape index (κ3) is 6.56. The first-order valence-electron chi connectivity index (χ1n) is 21.0. The smallest absolute Gasteiger partial charge is 0.263 e. The van der Waals surface area contributed by atoms with Gasteiger partial charge in [-0.15, -0.1) is 0 Å². The van der Waals surface area contributed by atoms with Crippen molar-refractivity contribution in [3.05, 3.63) is 134 Å². The van der Waals surface area contributed by atoms with Gasteiger partial charge in [0.05, 0.1) is 16.1 Å². The van der Waals surface area contributed by atoms with E-state index in [1.165, 1.54) is 12.1 Å². The van der Waals surface area contributed by atoms with Gasteiger partial charge in [-0.05, 0) is 79.5 Å². The van der Waals surface area contributed by atoms with Gasteiger partial charge in [-0.1, -0.05) is 83.6 Å². The van der Waals surface area contributed by atoms with Crippen molar-refractivity contribution in [2.75, 3.05) is 11.9 Å². The number of halogens is 3. The number of hydrogen-bond donors (Lipinski definition) is 3. The molecule has 5 amide bonds. The number of nitrogens with one attached hydrogen (secondary N) is 3. The zero-order valence-corrected chi connectivity index (χ0v) is 34.8. The number of fused-ring (bicyclic) bond motifs is 4. The van der Waals surface area contributed by atoms with Crippen molar-refractivity contribution in [2.24, 2.45) is 5.92 Å². The number of benzene rings is 4. The lowest BCUT2D eigenvalue weighted by atomic mass is 9.73. The number of anilines is 1. The summed E-state index contributed by atoms with van der Waals surface area (Å²) in [5.41, 5.74) is 2.81. The molecule has 0 bridgehead atoms. The van der Waals surface area contributed by atoms with E-state index >= 15 is 4.39 Å². The highest BCUT2D eigenvalue weighted by atomic mass is 35.5. The fourth-order valence-corrected chi connectivity index (χ4v) is 10.8. The Morgan fingerprint density at radius 2 is 1.69 bits per heavy atom. The first-order valence-corrected chi connectivity index (χ1v) is 21.8. The molecule has 6 aliphatic rings. The third-order valence-electron chi connectivity index (χ3n) is 13.4. The van der Waals surface area contributed by atoms with Gasteiger partial charge in [-0.25, -0.2) is 4.39 Å². The number of likely N-dealkylation sites (tertiary alicyclic amines) is 1. The fourth-order valence-electron chi connectivity index (χ4n) is 10.5. The van der Waals surface area contributed by atoms with E-state index in [0.717, 1.165) is 28.9 Å². The molecule has 1 saturated carbocycles. The van der Waals surface area contributed by atoms with Crippen LogP contribution in [0.25, 0.3) is 0 Å². The van der Waals surface area contributed by atoms with Crippen molar-refractivity contribution < 1.29 is 33.2 Å². The maximum absolute atomic E-state index is 16.2. The summed E-state index contributed by atoms with van der Waals surface area (Å²) in [4.78, 5) is 81.8. The van der Waals surface area contributed by atoms with Crippen LogP contribution in [0.2, 0.25) is 10.0 Å². The molecule has 4 aromatic rings. The summed E-state index contributed by atoms with van der Waals surface area (Å²) in [7, 11) is 0. The Kier molecular flexibility index (Phi) is 10.1. The molecule has 5 heterocycles. The number of Topliss-reactive ketones (excluding diaryl/α,β-unsaturated/α-hetero) is 1. The van der Waals surface area contributed by atoms with Crippen LogP contribution in [0, 0.1) is 23.6 Å². The van der Waals surface area contributed by atoms with E-state index < -0.39 is 46.9 Å². The topological polar surface area (TPSA) is 145 Å². The largest absolute Gasteiger partial charge is 0.324 e. The molecular formula is C48H40Cl2FN5O6. The minimum absolute atomic E-state index is 0.0000475. The van der Waals surface area contributed by atoms with Gasteiger partial charge in [0, 0.05) is 77.3 Å². The van der Waals surface area contributed by atoms with Crippen LogP contribution in [0.15, 0.2) is 78.9 Å². The van der Waals surface area contributed by atoms with Gasteiger partial charge >= 0.3 is 0 Å². The van der Waals surface area contributed by atoms with E-state index in [-0.39, 0.29) is 65.2 Å². The van der Waals surface area contributed by atoms with Crippen LogP contribution in [0.3, 0.4) is 0 Å². The van der Waals surface area contributed by atoms with Crippen molar-refractivity contribution in [2.45, 2.75) is 87.0 Å². The second kappa shape index (κ2) is 15.6. The Balaban J connectivity index is 0.833. The predicted octanol–water partition coefficient (Wildman–Crippen LogP) is 7.07. The van der Waals surface area contributed by atoms with Crippen LogP contribution < -0.4 is 16.0 Å². The normalized spacial score (nSPS) is 26.3. The van der Waals surface area contributed by atoms with E-state index in [4.69, 9.17) is 23.2 Å². The molecule has 3 saturated heterocycles. The maximum Gasteiger partial charge on any atom is 0.263 e. The van der Waals surface area contributed by atoms with E-state index in [1.54, 1.807) is 36.4 Å². The molecule has 4 aromatic carbocycles. The number of hydrogen-bond acceptors (Lipinski definition) is 8. The molecule has 0 aromatic heterocycles. The lowest BCUT2D eigenvalue weighted by Crippen LogP contribution is -2.54. The van der Waals surface area contributed by atoms with Crippen molar-refractivity contribution in [3.8, 4) is 11.8 Å². The van der Waals surface area contributed by atoms with E-state index in [0.29, 0.717) is 59.1 Å². The van der Waals surface area contributed by atoms with Gasteiger partial charge < -0.3 is 10.6 Å². The van der Waals surface area contributed by atoms with Gasteiger partial charge in [0.1, 0.15) is 17.4 Å². The zero-order valence-electron chi connectivity index (χ0n) is 33.3. The number of nitrogens with zero attached hydrogens (tertiary/aromatic N) is 2. The second-order valence-electron chi connectivity index (χ2n) is 17.1. The SMILES string of the molecule is O=C1CCC(N2C(=O)c3cccc(C#CCCCC(=O)c4ccc([C@H]5C[C@H]6[C@@H](N5)[C@H](c5cccc(Cl)c5F)[C@]5(C(=O)Nc7cc(Cl)ccc75)N6CC5CC5)cc4)c3C2=O)C(=O)N1. The minimum atomic E-state index is -1.18. The van der Waals surface area contributed by atoms with Gasteiger partial charge in [0.2, 0.25) is 17.7 Å². The Hall–Kier alpha value is -5.71. The van der Waals surface area contributed by atoms with Gasteiger partial charge in [-0.3, -0.25) is 43.9 Å². The lowest BCUT2D eigenvalue weighted by Gasteiger charge is -2.41. The minimum Gasteiger partial charge on any atom is -0.324 e. The Morgan fingerprint density at radius 3 is 2.47 bits per heavy atom. The molecule has 11 nitrogen and oxygen atoms in total. The standard InChI is InChI=1S/C48H40Cl2FN5O6/c49-29-18-19-32-35(22-29)53-47(62)48(32)41(31-9-5-10-33(50)42(31)51)43-37(55(48)24-25-12-13-25)23-34(52-43)26-14-16-27(17-15-26)38(57)11-3-1-2-6-28-7-4-8-30-40(28)46(61)56(45(30)60)36-20-21-39(58)54-44(36)59/h4-5,7-10,14-19,22,25,34,36-37,41,43,52H,1,3,11-13,20-21,23-24H2,(H,53,62)(H,54,58,59)/t34-,36?,37+,41+,43-,48-/m1/s1. The zero-order chi connectivity index (χ0) is 43.0. The number of piperidine rings is 1. The highest BCUT2D eigenvalue weighted by Crippen LogP contribution is 2.61. The molecular weight excluding hydrogens is 832 g/mol. The van der Waals surface area contributed by atoms with Gasteiger partial charge in [0.15, 0.2) is 5.78 Å². The van der Waals surface area contributed by atoms with Crippen LogP contribution >= 0.6 is 23.2 Å². The molecule has 6 atom stereocenters. The number of unbranched alkanes of at least 4 members (excludes halogenated alkanes) is 1. The van der Waals surface area contributed by atoms with Crippen molar-refractivity contribution in [1.29, 1.82) is 0 Å². The number of carbonyl (C=O) groups excluding carboxylic acids is 6. The number of rotatable bonds is 9. The highest BCUT2D eigenvalue weighted by molar-refractivity contribution is 6.31. The molecule has 314 valence electrons. The molecule has 62 heavy (non-hydrogen) atoms. The number of carbonyl (C=O) groups is 6. The summed E-state index contributed by atoms with van der Waals surface area (Å²) in [5.74, 6) is 2.73. The van der Waals surface area contributed by atoms with Gasteiger partial charge in [0.25, 0.3) is 11.8 Å². The summed E-state index contributed by atoms with van der Waals surface area (Å²) < 4.78 is 16.2. The summed E-state index contributed by atoms with van der Waals surface area (Å²) in [6.45, 7) is 0.691. The second-order valence-corrected chi connectivity index (χ2v) is 17.9. The van der Waals surface area contributed by atoms with E-state index in [9.17, 15) is 28.8 Å². The van der Waals surface area contributed by atoms with Crippen LogP contribution in [0.5, 0.6) is 0 Å². The van der Waals surface area contributed by atoms with E-state index in [2.05, 4.69) is 32.7 Å². The van der Waals surface area contributed by atoms with Crippen LogP contribution in [-0.2, 0) is 19.9 Å². The fraction of sp³-hybridized carbons (Fsp3) is 0.333. The Labute approximate surface area is 366 Å². The first-order chi connectivity index (χ1) is 29.9. The van der Waals surface area contributed by atoms with Crippen molar-refractivity contribution in [3.63, 3.8) is 0 Å². The monoisotopic (exact) mass is 871 g/mol. The number of imide groups is 2. The van der Waals surface area contributed by atoms with Gasteiger partial charge in [-0.2, -0.15) is 0 Å². The van der Waals surface area contributed by atoms with Crippen LogP contribution in [0.4, 0.5) is 10.1 Å². The number of amides is 5. The average Bonchev–Trinajstić information content (AvgIpc) is 3.72. The van der Waals surface area contributed by atoms with Crippen LogP contribution in [-0.4, -0.2) is 69.8 Å². The molecule has 14 heteroatoms. The summed E-state index contributed by atoms with van der Waals surface area (Å²) in [5, 5.41) is 9.63. The van der Waals surface area contributed by atoms with E-state index in [1.807, 2.05) is 30.3 Å². The molecule has 0 radical (unpaired) electrons. The quantitative estimate of drug-likeness (QED) is 0.0702. The number of ketones is 1. The molecule has 5 aliphatic heterocycles. The third-order valence-corrected chi connectivity index (χ3v) is 14.0. The van der Waals surface area contributed by atoms with Crippen molar-refractivity contribution in [1.82, 2.24) is 20.4 Å². The maximum atomic E-state index is 16.2. The van der Waals surface area contributed by atoms with Crippen LogP contribution in [0.1, 0.15) is 117 Å². The molecule has 3 N–H and O–H groups in total. The molecule has 1 aliphatic carbocycles. The molecule has 10 rings (SSSR count). The summed E-state index contributed by atoms with van der Waals surface area (Å²) in [6, 6.07) is 21.2. The summed E-state index contributed by atoms with van der Waals surface area (Å²) >= 11 is 12.8. The molecule has 4 fully saturated rings. The molecule has 1 spiro atoms. The molecule has 1 unspecified atom stereocenters.